The monoisotopic (exact) mass is 731 g/mol. The SMILES string of the molecule is CCCCCCCCN(CCCCCCCC)CC1CC(c2ccc(CO)cc2)OC(c2ccc(NC(=O)C3CCCN3C(=O)C(F)(F)F)cc2)O1. The van der Waals surface area contributed by atoms with E-state index < -0.39 is 30.3 Å². The van der Waals surface area contributed by atoms with Crippen molar-refractivity contribution in [1.29, 1.82) is 0 Å². The number of nitrogens with zero attached hydrogens (tertiary/aromatic N) is 2. The Kier molecular flexibility index (Phi) is 17.4. The summed E-state index contributed by atoms with van der Waals surface area (Å²) in [6.45, 7) is 7.19. The fourth-order valence-electron chi connectivity index (χ4n) is 7.24. The van der Waals surface area contributed by atoms with Gasteiger partial charge in [-0.15, -0.1) is 0 Å². The summed E-state index contributed by atoms with van der Waals surface area (Å²) in [4.78, 5) is 28.0. The van der Waals surface area contributed by atoms with Crippen LogP contribution in [-0.4, -0.2) is 71.2 Å². The summed E-state index contributed by atoms with van der Waals surface area (Å²) in [5, 5.41) is 12.3. The highest BCUT2D eigenvalue weighted by Gasteiger charge is 2.47. The van der Waals surface area contributed by atoms with Gasteiger partial charge in [-0.25, -0.2) is 0 Å². The van der Waals surface area contributed by atoms with Gasteiger partial charge >= 0.3 is 12.1 Å². The molecule has 0 bridgehead atoms. The van der Waals surface area contributed by atoms with Crippen LogP contribution in [0.2, 0.25) is 0 Å². The topological polar surface area (TPSA) is 91.3 Å². The number of amides is 2. The number of alkyl halides is 3. The van der Waals surface area contributed by atoms with Crippen LogP contribution in [0.4, 0.5) is 18.9 Å². The number of unbranched alkanes of at least 4 members (excludes halogenated alkanes) is 10. The fourth-order valence-corrected chi connectivity index (χ4v) is 7.24. The standard InChI is InChI=1S/C41H60F3N3O5/c1-3-5-7-9-11-13-25-46(26-14-12-10-8-6-4-2)29-35-28-37(32-19-17-31(30-48)18-20-32)52-39(51-35)33-21-23-34(24-22-33)45-38(49)36-16-15-27-47(36)40(50)41(42,43)44/h17-24,35-37,39,48H,3-16,25-30H2,1-2H3,(H,45,49). The van der Waals surface area contributed by atoms with E-state index in [9.17, 15) is 27.9 Å². The van der Waals surface area contributed by atoms with E-state index in [0.717, 1.165) is 49.2 Å². The lowest BCUT2D eigenvalue weighted by atomic mass is 9.99. The molecule has 4 atom stereocenters. The van der Waals surface area contributed by atoms with Crippen LogP contribution in [0.5, 0.6) is 0 Å². The number of carbonyl (C=O) groups excluding carboxylic acids is 2. The summed E-state index contributed by atoms with van der Waals surface area (Å²) in [6.07, 6.45) is 10.1. The molecule has 52 heavy (non-hydrogen) atoms. The average Bonchev–Trinajstić information content (AvgIpc) is 3.64. The van der Waals surface area contributed by atoms with Crippen LogP contribution < -0.4 is 5.32 Å². The third kappa shape index (κ3) is 13.1. The predicted molar refractivity (Wildman–Crippen MR) is 197 cm³/mol. The first kappa shape index (κ1) is 41.8. The van der Waals surface area contributed by atoms with Gasteiger partial charge in [0, 0.05) is 30.8 Å². The van der Waals surface area contributed by atoms with E-state index >= 15 is 0 Å². The maximum atomic E-state index is 13.1. The normalized spacial score (nSPS) is 20.8. The molecule has 2 heterocycles. The van der Waals surface area contributed by atoms with E-state index in [2.05, 4.69) is 24.1 Å². The highest BCUT2D eigenvalue weighted by atomic mass is 19.4. The van der Waals surface area contributed by atoms with E-state index in [-0.39, 0.29) is 31.8 Å². The van der Waals surface area contributed by atoms with E-state index in [1.54, 1.807) is 24.3 Å². The molecule has 4 unspecified atom stereocenters. The molecule has 0 aliphatic carbocycles. The van der Waals surface area contributed by atoms with Crippen LogP contribution in [0, 0.1) is 0 Å². The predicted octanol–water partition coefficient (Wildman–Crippen LogP) is 9.24. The van der Waals surface area contributed by atoms with Gasteiger partial charge in [0.1, 0.15) is 6.04 Å². The van der Waals surface area contributed by atoms with E-state index in [1.807, 2.05) is 24.3 Å². The molecule has 0 spiro atoms. The summed E-state index contributed by atoms with van der Waals surface area (Å²) in [5.41, 5.74) is 3.00. The first-order valence-corrected chi connectivity index (χ1v) is 19.6. The summed E-state index contributed by atoms with van der Waals surface area (Å²) in [5.74, 6) is -2.63. The highest BCUT2D eigenvalue weighted by molar-refractivity contribution is 5.98. The first-order valence-electron chi connectivity index (χ1n) is 19.6. The lowest BCUT2D eigenvalue weighted by molar-refractivity contribution is -0.253. The molecule has 11 heteroatoms. The van der Waals surface area contributed by atoms with Crippen molar-refractivity contribution in [3.63, 3.8) is 0 Å². The Morgan fingerprint density at radius 1 is 0.827 bits per heavy atom. The maximum Gasteiger partial charge on any atom is 0.471 e. The molecule has 2 saturated heterocycles. The second-order valence-electron chi connectivity index (χ2n) is 14.5. The Labute approximate surface area is 308 Å². The molecule has 2 aromatic carbocycles. The molecular weight excluding hydrogens is 671 g/mol. The maximum absolute atomic E-state index is 13.1. The minimum atomic E-state index is -5.03. The number of carbonyl (C=O) groups is 2. The molecule has 4 rings (SSSR count). The zero-order valence-electron chi connectivity index (χ0n) is 31.2. The highest BCUT2D eigenvalue weighted by Crippen LogP contribution is 2.38. The number of halogens is 3. The van der Waals surface area contributed by atoms with Crippen molar-refractivity contribution in [2.24, 2.45) is 0 Å². The summed E-state index contributed by atoms with van der Waals surface area (Å²) in [6, 6.07) is 13.6. The first-order chi connectivity index (χ1) is 25.1. The number of nitrogens with one attached hydrogen (secondary N) is 1. The molecule has 2 amide bonds. The Balaban J connectivity index is 1.45. The molecule has 2 aliphatic heterocycles. The van der Waals surface area contributed by atoms with E-state index in [1.165, 1.54) is 64.2 Å². The number of aliphatic hydroxyl groups is 1. The van der Waals surface area contributed by atoms with Gasteiger partial charge in [0.05, 0.1) is 18.8 Å². The van der Waals surface area contributed by atoms with Crippen molar-refractivity contribution in [1.82, 2.24) is 9.80 Å². The van der Waals surface area contributed by atoms with Crippen LogP contribution in [0.3, 0.4) is 0 Å². The van der Waals surface area contributed by atoms with Gasteiger partial charge < -0.3 is 29.7 Å². The Bertz CT molecular complexity index is 1320. The van der Waals surface area contributed by atoms with Crippen LogP contribution in [0.25, 0.3) is 0 Å². The minimum absolute atomic E-state index is 0.0354. The third-order valence-electron chi connectivity index (χ3n) is 10.2. The molecule has 2 aliphatic rings. The number of aliphatic hydroxyl groups excluding tert-OH is 1. The number of benzene rings is 2. The minimum Gasteiger partial charge on any atom is -0.392 e. The average molecular weight is 732 g/mol. The largest absolute Gasteiger partial charge is 0.471 e. The molecule has 2 fully saturated rings. The molecule has 0 radical (unpaired) electrons. The van der Waals surface area contributed by atoms with Crippen molar-refractivity contribution < 1.29 is 37.3 Å². The number of hydrogen-bond acceptors (Lipinski definition) is 6. The van der Waals surface area contributed by atoms with Gasteiger partial charge in [0.2, 0.25) is 5.91 Å². The van der Waals surface area contributed by atoms with Crippen LogP contribution in [0.15, 0.2) is 48.5 Å². The van der Waals surface area contributed by atoms with Gasteiger partial charge in [-0.1, -0.05) is 114 Å². The lowest BCUT2D eigenvalue weighted by Crippen LogP contribution is -2.48. The summed E-state index contributed by atoms with van der Waals surface area (Å²) < 4.78 is 52.5. The van der Waals surface area contributed by atoms with Crippen LogP contribution in [0.1, 0.15) is 139 Å². The van der Waals surface area contributed by atoms with Crippen molar-refractivity contribution in [3.8, 4) is 0 Å². The number of hydrogen-bond donors (Lipinski definition) is 2. The number of likely N-dealkylation sites (tertiary alicyclic amines) is 1. The number of rotatable bonds is 21. The second-order valence-corrected chi connectivity index (χ2v) is 14.5. The number of anilines is 1. The second kappa shape index (κ2) is 21.6. The summed E-state index contributed by atoms with van der Waals surface area (Å²) in [7, 11) is 0. The number of ether oxygens (including phenoxy) is 2. The summed E-state index contributed by atoms with van der Waals surface area (Å²) >= 11 is 0. The Morgan fingerprint density at radius 2 is 1.40 bits per heavy atom. The Morgan fingerprint density at radius 3 is 1.98 bits per heavy atom. The van der Waals surface area contributed by atoms with Gasteiger partial charge in [-0.3, -0.25) is 9.59 Å². The van der Waals surface area contributed by atoms with Gasteiger partial charge in [-0.2, -0.15) is 13.2 Å². The quantitative estimate of drug-likeness (QED) is 0.125. The van der Waals surface area contributed by atoms with E-state index in [4.69, 9.17) is 9.47 Å². The van der Waals surface area contributed by atoms with Crippen molar-refractivity contribution in [2.45, 2.75) is 147 Å². The smallest absolute Gasteiger partial charge is 0.392 e. The van der Waals surface area contributed by atoms with Gasteiger partial charge in [0.15, 0.2) is 6.29 Å². The van der Waals surface area contributed by atoms with Crippen LogP contribution >= 0.6 is 0 Å². The van der Waals surface area contributed by atoms with Gasteiger partial charge in [0.25, 0.3) is 0 Å². The molecule has 290 valence electrons. The molecule has 0 aromatic heterocycles. The van der Waals surface area contributed by atoms with Crippen LogP contribution in [-0.2, 0) is 25.7 Å². The van der Waals surface area contributed by atoms with Gasteiger partial charge in [-0.05, 0) is 62.0 Å². The lowest BCUT2D eigenvalue weighted by Gasteiger charge is -2.38. The van der Waals surface area contributed by atoms with Crippen molar-refractivity contribution >= 4 is 17.5 Å². The zero-order chi connectivity index (χ0) is 37.3. The van der Waals surface area contributed by atoms with Crippen molar-refractivity contribution in [2.75, 3.05) is 31.5 Å². The molecule has 0 saturated carbocycles. The molecule has 8 nitrogen and oxygen atoms in total. The Hall–Kier alpha value is -2.99. The fraction of sp³-hybridized carbons (Fsp3) is 0.659. The third-order valence-corrected chi connectivity index (χ3v) is 10.2. The molecule has 2 aromatic rings. The molecule has 2 N–H and O–H groups in total. The molecular formula is C41H60F3N3O5. The van der Waals surface area contributed by atoms with Crippen molar-refractivity contribution in [3.05, 3.63) is 65.2 Å². The van der Waals surface area contributed by atoms with E-state index in [0.29, 0.717) is 23.4 Å². The zero-order valence-corrected chi connectivity index (χ0v) is 31.2.